The maximum atomic E-state index is 13.4. The molecule has 5 rings (SSSR count). The number of amides is 1. The summed E-state index contributed by atoms with van der Waals surface area (Å²) >= 11 is 0. The van der Waals surface area contributed by atoms with E-state index in [1.165, 1.54) is 0 Å². The Labute approximate surface area is 183 Å². The smallest absolute Gasteiger partial charge is 0.243 e. The van der Waals surface area contributed by atoms with Crippen LogP contribution in [0, 0.1) is 0 Å². The number of benzene rings is 2. The Hall–Kier alpha value is -2.58. The molecular weight excluding hydrogens is 414 g/mol. The molecule has 2 aromatic carbocycles. The van der Waals surface area contributed by atoms with Gasteiger partial charge in [0, 0.05) is 44.8 Å². The second-order valence-electron chi connectivity index (χ2n) is 8.33. The van der Waals surface area contributed by atoms with Crippen molar-refractivity contribution in [3.63, 3.8) is 0 Å². The Morgan fingerprint density at radius 2 is 1.55 bits per heavy atom. The molecule has 0 spiro atoms. The molecule has 0 radical (unpaired) electrons. The molecule has 31 heavy (non-hydrogen) atoms. The van der Waals surface area contributed by atoms with E-state index in [0.29, 0.717) is 43.9 Å². The third-order valence-corrected chi connectivity index (χ3v) is 8.44. The van der Waals surface area contributed by atoms with E-state index >= 15 is 0 Å². The van der Waals surface area contributed by atoms with Gasteiger partial charge in [0.2, 0.25) is 15.9 Å². The van der Waals surface area contributed by atoms with E-state index in [4.69, 9.17) is 4.74 Å². The highest BCUT2D eigenvalue weighted by molar-refractivity contribution is 7.89. The van der Waals surface area contributed by atoms with Crippen LogP contribution in [0.4, 0.5) is 11.4 Å². The lowest BCUT2D eigenvalue weighted by Gasteiger charge is -2.37. The van der Waals surface area contributed by atoms with Gasteiger partial charge in [0.25, 0.3) is 0 Å². The van der Waals surface area contributed by atoms with E-state index in [0.717, 1.165) is 47.6 Å². The Morgan fingerprint density at radius 1 is 0.871 bits per heavy atom. The van der Waals surface area contributed by atoms with Crippen molar-refractivity contribution in [2.24, 2.45) is 0 Å². The first-order valence-corrected chi connectivity index (χ1v) is 12.3. The predicted octanol–water partition coefficient (Wildman–Crippen LogP) is 2.43. The number of carbonyl (C=O) groups excluding carboxylic acids is 1. The molecule has 0 unspecified atom stereocenters. The summed E-state index contributed by atoms with van der Waals surface area (Å²) in [6.45, 7) is 2.92. The van der Waals surface area contributed by atoms with E-state index < -0.39 is 10.0 Å². The number of nitrogens with zero attached hydrogens (tertiary/aromatic N) is 3. The third kappa shape index (κ3) is 3.57. The summed E-state index contributed by atoms with van der Waals surface area (Å²) in [6.07, 6.45) is 2.77. The maximum Gasteiger partial charge on any atom is 0.243 e. The third-order valence-electron chi connectivity index (χ3n) is 6.56. The lowest BCUT2D eigenvalue weighted by molar-refractivity contribution is -0.119. The molecule has 0 bridgehead atoms. The Balaban J connectivity index is 1.36. The van der Waals surface area contributed by atoms with Gasteiger partial charge < -0.3 is 14.5 Å². The van der Waals surface area contributed by atoms with Crippen molar-refractivity contribution < 1.29 is 17.9 Å². The number of sulfonamides is 1. The molecule has 0 N–H and O–H groups in total. The van der Waals surface area contributed by atoms with E-state index in [1.54, 1.807) is 23.5 Å². The minimum atomic E-state index is -3.57. The van der Waals surface area contributed by atoms with Crippen LogP contribution in [0.3, 0.4) is 0 Å². The number of piperazine rings is 1. The Bertz CT molecular complexity index is 1090. The SMILES string of the molecule is COc1ccc(N2CCN(S(=O)(=O)c3cc4c5c(c3)CCC(=O)N5CCC4)CC2)cc1. The first kappa shape index (κ1) is 20.3. The molecule has 7 nitrogen and oxygen atoms in total. The van der Waals surface area contributed by atoms with Crippen molar-refractivity contribution in [2.75, 3.05) is 49.6 Å². The number of hydrogen-bond acceptors (Lipinski definition) is 5. The quantitative estimate of drug-likeness (QED) is 0.729. The Kier molecular flexibility index (Phi) is 5.14. The topological polar surface area (TPSA) is 70.2 Å². The first-order chi connectivity index (χ1) is 15.0. The molecule has 164 valence electrons. The van der Waals surface area contributed by atoms with Gasteiger partial charge in [-0.1, -0.05) is 0 Å². The number of hydrogen-bond donors (Lipinski definition) is 0. The molecule has 3 aliphatic rings. The molecule has 8 heteroatoms. The van der Waals surface area contributed by atoms with E-state index in [9.17, 15) is 13.2 Å². The number of anilines is 2. The van der Waals surface area contributed by atoms with Gasteiger partial charge in [0.15, 0.2) is 0 Å². The van der Waals surface area contributed by atoms with Crippen LogP contribution in [-0.2, 0) is 27.7 Å². The van der Waals surface area contributed by atoms with Gasteiger partial charge >= 0.3 is 0 Å². The number of rotatable bonds is 4. The molecule has 1 amide bonds. The van der Waals surface area contributed by atoms with Crippen LogP contribution in [0.1, 0.15) is 24.0 Å². The fourth-order valence-corrected chi connectivity index (χ4v) is 6.42. The fraction of sp³-hybridized carbons (Fsp3) is 0.435. The summed E-state index contributed by atoms with van der Waals surface area (Å²) in [7, 11) is -1.93. The van der Waals surface area contributed by atoms with Gasteiger partial charge in [-0.3, -0.25) is 4.79 Å². The zero-order valence-electron chi connectivity index (χ0n) is 17.7. The average molecular weight is 442 g/mol. The standard InChI is InChI=1S/C23H27N3O4S/c1-30-20-7-5-19(6-8-20)24-11-13-25(14-12-24)31(28,29)21-15-17-3-2-10-26-22(27)9-4-18(16-21)23(17)26/h5-8,15-16H,2-4,9-14H2,1H3. The second-order valence-corrected chi connectivity index (χ2v) is 10.3. The maximum absolute atomic E-state index is 13.4. The van der Waals surface area contributed by atoms with Crippen LogP contribution >= 0.6 is 0 Å². The highest BCUT2D eigenvalue weighted by Crippen LogP contribution is 2.38. The summed E-state index contributed by atoms with van der Waals surface area (Å²) in [4.78, 5) is 16.7. The largest absolute Gasteiger partial charge is 0.497 e. The van der Waals surface area contributed by atoms with Crippen LogP contribution in [0.25, 0.3) is 0 Å². The fourth-order valence-electron chi connectivity index (χ4n) is 4.90. The zero-order chi connectivity index (χ0) is 21.6. The number of carbonyl (C=O) groups is 1. The minimum Gasteiger partial charge on any atom is -0.497 e. The van der Waals surface area contributed by atoms with Gasteiger partial charge in [-0.05, 0) is 66.8 Å². The van der Waals surface area contributed by atoms with Crippen molar-refractivity contribution in [3.05, 3.63) is 47.5 Å². The van der Waals surface area contributed by atoms with Crippen molar-refractivity contribution in [2.45, 2.75) is 30.6 Å². The van der Waals surface area contributed by atoms with E-state index in [2.05, 4.69) is 4.90 Å². The van der Waals surface area contributed by atoms with E-state index in [-0.39, 0.29) is 5.91 Å². The lowest BCUT2D eigenvalue weighted by Crippen LogP contribution is -2.48. The van der Waals surface area contributed by atoms with Gasteiger partial charge in [0.05, 0.1) is 17.7 Å². The molecule has 1 fully saturated rings. The summed E-state index contributed by atoms with van der Waals surface area (Å²) in [5.74, 6) is 0.959. The molecule has 0 atom stereocenters. The monoisotopic (exact) mass is 441 g/mol. The van der Waals surface area contributed by atoms with Crippen LogP contribution in [0.2, 0.25) is 0 Å². The lowest BCUT2D eigenvalue weighted by atomic mass is 9.92. The van der Waals surface area contributed by atoms with Crippen molar-refractivity contribution in [1.82, 2.24) is 4.31 Å². The van der Waals surface area contributed by atoms with Gasteiger partial charge in [-0.2, -0.15) is 4.31 Å². The molecule has 0 aliphatic carbocycles. The normalized spacial score (nSPS) is 19.3. The van der Waals surface area contributed by atoms with Gasteiger partial charge in [0.1, 0.15) is 5.75 Å². The molecule has 0 saturated carbocycles. The molecular formula is C23H27N3O4S. The average Bonchev–Trinajstić information content (AvgIpc) is 2.81. The molecule has 2 aromatic rings. The summed E-state index contributed by atoms with van der Waals surface area (Å²) in [5.41, 5.74) is 4.02. The zero-order valence-corrected chi connectivity index (χ0v) is 18.5. The van der Waals surface area contributed by atoms with Crippen LogP contribution in [-0.4, -0.2) is 58.5 Å². The van der Waals surface area contributed by atoms with Gasteiger partial charge in [-0.25, -0.2) is 8.42 Å². The summed E-state index contributed by atoms with van der Waals surface area (Å²) < 4.78 is 33.7. The van der Waals surface area contributed by atoms with Gasteiger partial charge in [-0.15, -0.1) is 0 Å². The highest BCUT2D eigenvalue weighted by Gasteiger charge is 2.34. The van der Waals surface area contributed by atoms with Crippen molar-refractivity contribution in [1.29, 1.82) is 0 Å². The van der Waals surface area contributed by atoms with E-state index in [1.807, 2.05) is 29.2 Å². The predicted molar refractivity (Wildman–Crippen MR) is 119 cm³/mol. The molecule has 3 aliphatic heterocycles. The molecule has 3 heterocycles. The number of methoxy groups -OCH3 is 1. The first-order valence-electron chi connectivity index (χ1n) is 10.8. The van der Waals surface area contributed by atoms with Crippen LogP contribution in [0.5, 0.6) is 5.75 Å². The number of ether oxygens (including phenoxy) is 1. The molecule has 0 aromatic heterocycles. The highest BCUT2D eigenvalue weighted by atomic mass is 32.2. The second kappa shape index (κ2) is 7.84. The molecule has 1 saturated heterocycles. The number of aryl methyl sites for hydroxylation is 2. The van der Waals surface area contributed by atoms with Crippen LogP contribution in [0.15, 0.2) is 41.3 Å². The van der Waals surface area contributed by atoms with Crippen molar-refractivity contribution in [3.8, 4) is 5.75 Å². The van der Waals surface area contributed by atoms with Crippen LogP contribution < -0.4 is 14.5 Å². The summed E-state index contributed by atoms with van der Waals surface area (Å²) in [5, 5.41) is 0. The van der Waals surface area contributed by atoms with Crippen molar-refractivity contribution >= 4 is 27.3 Å². The summed E-state index contributed by atoms with van der Waals surface area (Å²) in [6, 6.07) is 11.5. The minimum absolute atomic E-state index is 0.152. The Morgan fingerprint density at radius 3 is 2.23 bits per heavy atom.